The van der Waals surface area contributed by atoms with Crippen LogP contribution in [0.15, 0.2) is 96.5 Å². The van der Waals surface area contributed by atoms with Gasteiger partial charge in [-0.1, -0.05) is 42.5 Å². The molecule has 0 unspecified atom stereocenters. The van der Waals surface area contributed by atoms with E-state index in [-0.39, 0.29) is 11.7 Å². The van der Waals surface area contributed by atoms with E-state index < -0.39 is 6.04 Å². The van der Waals surface area contributed by atoms with Gasteiger partial charge in [0.2, 0.25) is 5.95 Å². The molecular weight excluding hydrogens is 433 g/mol. The normalized spacial score (nSPS) is 14.8. The quantitative estimate of drug-likeness (QED) is 0.431. The lowest BCUT2D eigenvalue weighted by atomic mass is 9.95. The number of halogens is 1. The second-order valence-electron chi connectivity index (χ2n) is 7.90. The highest BCUT2D eigenvalue weighted by molar-refractivity contribution is 6.06. The fourth-order valence-electron chi connectivity index (χ4n) is 3.91. The number of allylic oxidation sites excluding steroid dienone is 1. The fraction of sp³-hybridized carbons (Fsp3) is 0.115. The molecular formula is C26H22FN5O2. The smallest absolute Gasteiger partial charge is 0.255 e. The van der Waals surface area contributed by atoms with Crippen molar-refractivity contribution in [2.24, 2.45) is 0 Å². The van der Waals surface area contributed by atoms with Crippen LogP contribution in [0.5, 0.6) is 5.75 Å². The zero-order chi connectivity index (χ0) is 23.5. The van der Waals surface area contributed by atoms with Gasteiger partial charge in [0.25, 0.3) is 5.91 Å². The lowest BCUT2D eigenvalue weighted by Gasteiger charge is -2.28. The molecule has 1 atom stereocenters. The summed E-state index contributed by atoms with van der Waals surface area (Å²) in [5.74, 6) is 0.726. The Balaban J connectivity index is 1.40. The standard InChI is InChI=1S/C26H22FN5O2/c1-17-23(25(33)31-21-5-3-2-4-6-21)24(32-26(30-17)28-16-29-32)19-9-13-22(14-10-19)34-15-18-7-11-20(27)12-8-18/h2-14,16,24H,15H2,1H3,(H,31,33)(H,28,29,30)/t24-/m1/s1. The molecule has 1 aromatic heterocycles. The maximum absolute atomic E-state index is 13.3. The highest BCUT2D eigenvalue weighted by atomic mass is 19.1. The molecule has 3 aromatic carbocycles. The number of aromatic nitrogens is 3. The molecule has 4 aromatic rings. The van der Waals surface area contributed by atoms with E-state index in [0.29, 0.717) is 35.3 Å². The Hall–Kier alpha value is -4.46. The minimum atomic E-state index is -0.464. The molecule has 7 nitrogen and oxygen atoms in total. The molecule has 1 aliphatic rings. The van der Waals surface area contributed by atoms with Crippen molar-refractivity contribution < 1.29 is 13.9 Å². The van der Waals surface area contributed by atoms with Crippen LogP contribution in [0.4, 0.5) is 16.0 Å². The first-order valence-corrected chi connectivity index (χ1v) is 10.8. The van der Waals surface area contributed by atoms with Gasteiger partial charge in [-0.2, -0.15) is 10.1 Å². The molecule has 0 saturated carbocycles. The van der Waals surface area contributed by atoms with E-state index in [2.05, 4.69) is 20.7 Å². The largest absolute Gasteiger partial charge is 0.489 e. The molecule has 0 aliphatic carbocycles. The van der Waals surface area contributed by atoms with E-state index >= 15 is 0 Å². The molecule has 0 saturated heterocycles. The highest BCUT2D eigenvalue weighted by Crippen LogP contribution is 2.35. The lowest BCUT2D eigenvalue weighted by Crippen LogP contribution is -2.31. The Morgan fingerprint density at radius 2 is 1.79 bits per heavy atom. The third kappa shape index (κ3) is 4.38. The van der Waals surface area contributed by atoms with Crippen LogP contribution in [0, 0.1) is 5.82 Å². The first kappa shape index (κ1) is 21.4. The van der Waals surface area contributed by atoms with Gasteiger partial charge in [0.15, 0.2) is 0 Å². The Kier molecular flexibility index (Phi) is 5.78. The molecule has 0 spiro atoms. The summed E-state index contributed by atoms with van der Waals surface area (Å²) in [7, 11) is 0. The van der Waals surface area contributed by atoms with Crippen molar-refractivity contribution in [3.05, 3.63) is 113 Å². The summed E-state index contributed by atoms with van der Waals surface area (Å²) in [5.41, 5.74) is 3.69. The van der Waals surface area contributed by atoms with Gasteiger partial charge in [-0.25, -0.2) is 9.07 Å². The van der Waals surface area contributed by atoms with Crippen molar-refractivity contribution in [2.45, 2.75) is 19.6 Å². The minimum Gasteiger partial charge on any atom is -0.489 e. The molecule has 0 fully saturated rings. The van der Waals surface area contributed by atoms with Gasteiger partial charge in [0.05, 0.1) is 5.57 Å². The molecule has 1 aliphatic heterocycles. The van der Waals surface area contributed by atoms with E-state index in [0.717, 1.165) is 11.1 Å². The predicted octanol–water partition coefficient (Wildman–Crippen LogP) is 4.92. The number of benzene rings is 3. The Bertz CT molecular complexity index is 1330. The van der Waals surface area contributed by atoms with Crippen LogP contribution in [0.1, 0.15) is 24.1 Å². The maximum atomic E-state index is 13.3. The van der Waals surface area contributed by atoms with Crippen LogP contribution in [-0.2, 0) is 11.4 Å². The third-order valence-electron chi connectivity index (χ3n) is 5.59. The average Bonchev–Trinajstić information content (AvgIpc) is 3.32. The number of carbonyl (C=O) groups is 1. The van der Waals surface area contributed by atoms with E-state index in [1.807, 2.05) is 61.5 Å². The number of hydrogen-bond donors (Lipinski definition) is 2. The average molecular weight is 455 g/mol. The highest BCUT2D eigenvalue weighted by Gasteiger charge is 2.33. The Labute approximate surface area is 195 Å². The summed E-state index contributed by atoms with van der Waals surface area (Å²) < 4.78 is 20.6. The molecule has 34 heavy (non-hydrogen) atoms. The van der Waals surface area contributed by atoms with E-state index in [4.69, 9.17) is 4.74 Å². The van der Waals surface area contributed by atoms with Crippen molar-refractivity contribution in [1.82, 2.24) is 14.8 Å². The molecule has 2 N–H and O–H groups in total. The number of rotatable bonds is 6. The number of para-hydroxylation sites is 1. The van der Waals surface area contributed by atoms with E-state index in [9.17, 15) is 9.18 Å². The van der Waals surface area contributed by atoms with Crippen molar-refractivity contribution in [3.8, 4) is 5.75 Å². The molecule has 5 rings (SSSR count). The van der Waals surface area contributed by atoms with Crippen LogP contribution < -0.4 is 15.4 Å². The van der Waals surface area contributed by atoms with Gasteiger partial charge in [0, 0.05) is 11.4 Å². The second-order valence-corrected chi connectivity index (χ2v) is 7.90. The Morgan fingerprint density at radius 1 is 1.06 bits per heavy atom. The Morgan fingerprint density at radius 3 is 2.53 bits per heavy atom. The molecule has 170 valence electrons. The van der Waals surface area contributed by atoms with Crippen LogP contribution in [0.3, 0.4) is 0 Å². The molecule has 8 heteroatoms. The maximum Gasteiger partial charge on any atom is 0.255 e. The number of hydrogen-bond acceptors (Lipinski definition) is 5. The summed E-state index contributed by atoms with van der Waals surface area (Å²) in [4.78, 5) is 17.6. The van der Waals surface area contributed by atoms with E-state index in [1.54, 1.807) is 16.8 Å². The topological polar surface area (TPSA) is 81.1 Å². The van der Waals surface area contributed by atoms with Crippen molar-refractivity contribution in [1.29, 1.82) is 0 Å². The second kappa shape index (κ2) is 9.19. The number of anilines is 2. The van der Waals surface area contributed by atoms with Crippen molar-refractivity contribution >= 4 is 17.5 Å². The number of carbonyl (C=O) groups excluding carboxylic acids is 1. The van der Waals surface area contributed by atoms with Crippen LogP contribution >= 0.6 is 0 Å². The molecule has 1 amide bonds. The number of amides is 1. The molecule has 0 bridgehead atoms. The summed E-state index contributed by atoms with van der Waals surface area (Å²) in [6.45, 7) is 2.18. The van der Waals surface area contributed by atoms with Gasteiger partial charge in [-0.05, 0) is 54.4 Å². The van der Waals surface area contributed by atoms with Gasteiger partial charge < -0.3 is 15.4 Å². The number of fused-ring (bicyclic) bond motifs is 1. The summed E-state index contributed by atoms with van der Waals surface area (Å²) >= 11 is 0. The van der Waals surface area contributed by atoms with Gasteiger partial charge in [0.1, 0.15) is 30.5 Å². The predicted molar refractivity (Wildman–Crippen MR) is 127 cm³/mol. The van der Waals surface area contributed by atoms with Crippen molar-refractivity contribution in [2.75, 3.05) is 10.6 Å². The first-order valence-electron chi connectivity index (χ1n) is 10.8. The monoisotopic (exact) mass is 455 g/mol. The van der Waals surface area contributed by atoms with Crippen LogP contribution in [-0.4, -0.2) is 20.7 Å². The minimum absolute atomic E-state index is 0.223. The van der Waals surface area contributed by atoms with E-state index in [1.165, 1.54) is 18.5 Å². The summed E-state index contributed by atoms with van der Waals surface area (Å²) in [6, 6.07) is 22.6. The zero-order valence-electron chi connectivity index (χ0n) is 18.4. The fourth-order valence-corrected chi connectivity index (χ4v) is 3.91. The number of nitrogens with one attached hydrogen (secondary N) is 2. The SMILES string of the molecule is CC1=C(C(=O)Nc2ccccc2)[C@@H](c2ccc(OCc3ccc(F)cc3)cc2)n2ncnc2N1. The number of nitrogens with zero attached hydrogens (tertiary/aromatic N) is 3. The van der Waals surface area contributed by atoms with Gasteiger partial charge >= 0.3 is 0 Å². The van der Waals surface area contributed by atoms with Crippen LogP contribution in [0.25, 0.3) is 0 Å². The summed E-state index contributed by atoms with van der Waals surface area (Å²) in [5, 5.41) is 10.5. The van der Waals surface area contributed by atoms with Gasteiger partial charge in [-0.3, -0.25) is 4.79 Å². The van der Waals surface area contributed by atoms with Gasteiger partial charge in [-0.15, -0.1) is 0 Å². The number of ether oxygens (including phenoxy) is 1. The first-order chi connectivity index (χ1) is 16.6. The molecule has 2 heterocycles. The molecule has 0 radical (unpaired) electrons. The summed E-state index contributed by atoms with van der Waals surface area (Å²) in [6.07, 6.45) is 1.46. The van der Waals surface area contributed by atoms with Crippen LogP contribution in [0.2, 0.25) is 0 Å². The zero-order valence-corrected chi connectivity index (χ0v) is 18.4. The van der Waals surface area contributed by atoms with Crippen molar-refractivity contribution in [3.63, 3.8) is 0 Å². The lowest BCUT2D eigenvalue weighted by molar-refractivity contribution is -0.113. The third-order valence-corrected chi connectivity index (χ3v) is 5.59.